The van der Waals surface area contributed by atoms with Crippen LogP contribution in [-0.2, 0) is 9.59 Å². The van der Waals surface area contributed by atoms with Gasteiger partial charge in [0.2, 0.25) is 5.91 Å². The number of carboxylic acid groups (broad SMARTS) is 1. The molecule has 5 nitrogen and oxygen atoms in total. The number of carboxylic acids is 1. The normalized spacial score (nSPS) is 26.6. The maximum absolute atomic E-state index is 11.8. The standard InChI is InChI=1S/C13H24N2O3.ClH/c1-9-5-4-6-11(10(9)2)14-12(16)7-15(3)8-13(17)18;/h9-11H,4-8H2,1-3H3,(H,14,16)(H,17,18);1H. The lowest BCUT2D eigenvalue weighted by atomic mass is 9.78. The molecule has 2 N–H and O–H groups in total. The largest absolute Gasteiger partial charge is 0.480 e. The van der Waals surface area contributed by atoms with Gasteiger partial charge in [-0.3, -0.25) is 14.5 Å². The lowest BCUT2D eigenvalue weighted by molar-refractivity contribution is -0.138. The van der Waals surface area contributed by atoms with Gasteiger partial charge in [-0.2, -0.15) is 0 Å². The van der Waals surface area contributed by atoms with E-state index in [1.807, 2.05) is 0 Å². The first-order chi connectivity index (χ1) is 8.40. The van der Waals surface area contributed by atoms with E-state index in [0.717, 1.165) is 12.8 Å². The van der Waals surface area contributed by atoms with Gasteiger partial charge in [0.05, 0.1) is 13.1 Å². The van der Waals surface area contributed by atoms with Crippen LogP contribution in [0, 0.1) is 11.8 Å². The van der Waals surface area contributed by atoms with Gasteiger partial charge in [-0.25, -0.2) is 0 Å². The number of nitrogens with zero attached hydrogens (tertiary/aromatic N) is 1. The number of aliphatic carboxylic acids is 1. The topological polar surface area (TPSA) is 69.6 Å². The molecule has 19 heavy (non-hydrogen) atoms. The number of likely N-dealkylation sites (N-methyl/N-ethyl adjacent to an activating group) is 1. The van der Waals surface area contributed by atoms with Crippen LogP contribution in [0.5, 0.6) is 0 Å². The van der Waals surface area contributed by atoms with Crippen molar-refractivity contribution in [2.24, 2.45) is 11.8 Å². The molecule has 1 rings (SSSR count). The molecule has 0 aromatic rings. The quantitative estimate of drug-likeness (QED) is 0.803. The molecule has 0 saturated heterocycles. The van der Waals surface area contributed by atoms with Gasteiger partial charge in [0.15, 0.2) is 0 Å². The Labute approximate surface area is 121 Å². The first-order valence-corrected chi connectivity index (χ1v) is 6.60. The minimum Gasteiger partial charge on any atom is -0.480 e. The monoisotopic (exact) mass is 292 g/mol. The Kier molecular flexibility index (Phi) is 8.02. The molecular formula is C13H25ClN2O3. The van der Waals surface area contributed by atoms with Crippen LogP contribution in [0.1, 0.15) is 33.1 Å². The zero-order valence-electron chi connectivity index (χ0n) is 11.9. The van der Waals surface area contributed by atoms with Crippen molar-refractivity contribution in [3.8, 4) is 0 Å². The zero-order valence-corrected chi connectivity index (χ0v) is 12.7. The molecule has 0 radical (unpaired) electrons. The number of halogens is 1. The van der Waals surface area contributed by atoms with Crippen LogP contribution >= 0.6 is 12.4 Å². The highest BCUT2D eigenvalue weighted by atomic mass is 35.5. The number of rotatable bonds is 5. The third kappa shape index (κ3) is 6.25. The molecule has 0 heterocycles. The molecule has 0 aromatic carbocycles. The van der Waals surface area contributed by atoms with Gasteiger partial charge in [-0.1, -0.05) is 26.7 Å². The van der Waals surface area contributed by atoms with E-state index in [1.54, 1.807) is 7.05 Å². The van der Waals surface area contributed by atoms with E-state index >= 15 is 0 Å². The molecule has 1 aliphatic rings. The van der Waals surface area contributed by atoms with Crippen molar-refractivity contribution in [1.29, 1.82) is 0 Å². The van der Waals surface area contributed by atoms with Gasteiger partial charge in [0.25, 0.3) is 0 Å². The summed E-state index contributed by atoms with van der Waals surface area (Å²) in [5.74, 6) is 0.142. The molecule has 0 aliphatic heterocycles. The summed E-state index contributed by atoms with van der Waals surface area (Å²) in [6, 6.07) is 0.236. The van der Waals surface area contributed by atoms with Crippen molar-refractivity contribution in [2.45, 2.75) is 39.2 Å². The first-order valence-electron chi connectivity index (χ1n) is 6.60. The second kappa shape index (κ2) is 8.38. The number of carbonyl (C=O) groups is 2. The molecule has 0 spiro atoms. The summed E-state index contributed by atoms with van der Waals surface area (Å²) in [6.07, 6.45) is 3.41. The SMILES string of the molecule is CC1CCCC(NC(=O)CN(C)CC(=O)O)C1C.Cl. The second-order valence-corrected chi connectivity index (χ2v) is 5.51. The van der Waals surface area contributed by atoms with E-state index in [4.69, 9.17) is 5.11 Å². The van der Waals surface area contributed by atoms with Crippen LogP contribution in [0.2, 0.25) is 0 Å². The van der Waals surface area contributed by atoms with Crippen molar-refractivity contribution >= 4 is 24.3 Å². The molecule has 3 unspecified atom stereocenters. The minimum atomic E-state index is -0.912. The van der Waals surface area contributed by atoms with E-state index in [1.165, 1.54) is 11.3 Å². The van der Waals surface area contributed by atoms with E-state index in [-0.39, 0.29) is 37.4 Å². The van der Waals surface area contributed by atoms with E-state index in [0.29, 0.717) is 11.8 Å². The maximum Gasteiger partial charge on any atom is 0.317 e. The van der Waals surface area contributed by atoms with Crippen LogP contribution in [0.25, 0.3) is 0 Å². The Morgan fingerprint density at radius 2 is 1.89 bits per heavy atom. The summed E-state index contributed by atoms with van der Waals surface area (Å²) < 4.78 is 0. The molecule has 6 heteroatoms. The predicted octanol–water partition coefficient (Wildman–Crippen LogP) is 1.37. The van der Waals surface area contributed by atoms with Crippen molar-refractivity contribution in [2.75, 3.05) is 20.1 Å². The second-order valence-electron chi connectivity index (χ2n) is 5.51. The molecule has 1 fully saturated rings. The highest BCUT2D eigenvalue weighted by Gasteiger charge is 2.28. The Morgan fingerprint density at radius 3 is 2.47 bits per heavy atom. The van der Waals surface area contributed by atoms with Crippen LogP contribution in [0.4, 0.5) is 0 Å². The summed E-state index contributed by atoms with van der Waals surface area (Å²) in [6.45, 7) is 4.43. The lowest BCUT2D eigenvalue weighted by Crippen LogP contribution is -2.47. The summed E-state index contributed by atoms with van der Waals surface area (Å²) in [5.41, 5.74) is 0. The molecule has 0 bridgehead atoms. The van der Waals surface area contributed by atoms with Crippen LogP contribution in [0.3, 0.4) is 0 Å². The number of nitrogens with one attached hydrogen (secondary N) is 1. The maximum atomic E-state index is 11.8. The van der Waals surface area contributed by atoms with Crippen LogP contribution < -0.4 is 5.32 Å². The third-order valence-corrected chi connectivity index (χ3v) is 3.87. The van der Waals surface area contributed by atoms with Crippen molar-refractivity contribution in [3.63, 3.8) is 0 Å². The number of hydrogen-bond acceptors (Lipinski definition) is 3. The van der Waals surface area contributed by atoms with Crippen molar-refractivity contribution < 1.29 is 14.7 Å². The Bertz CT molecular complexity index is 312. The van der Waals surface area contributed by atoms with Crippen LogP contribution in [-0.4, -0.2) is 48.1 Å². The number of carbonyl (C=O) groups excluding carboxylic acids is 1. The molecular weight excluding hydrogens is 268 g/mol. The summed E-state index contributed by atoms with van der Waals surface area (Å²) >= 11 is 0. The van der Waals surface area contributed by atoms with Crippen molar-refractivity contribution in [1.82, 2.24) is 10.2 Å². The number of amides is 1. The van der Waals surface area contributed by atoms with Gasteiger partial charge in [-0.05, 0) is 25.3 Å². The van der Waals surface area contributed by atoms with E-state index in [9.17, 15) is 9.59 Å². The molecule has 112 valence electrons. The Balaban J connectivity index is 0.00000324. The Hall–Kier alpha value is -0.810. The highest BCUT2D eigenvalue weighted by Crippen LogP contribution is 2.29. The lowest BCUT2D eigenvalue weighted by Gasteiger charge is -2.34. The van der Waals surface area contributed by atoms with E-state index in [2.05, 4.69) is 19.2 Å². The fourth-order valence-electron chi connectivity index (χ4n) is 2.57. The summed E-state index contributed by atoms with van der Waals surface area (Å²) in [4.78, 5) is 23.8. The average molecular weight is 293 g/mol. The zero-order chi connectivity index (χ0) is 13.7. The Morgan fingerprint density at radius 1 is 1.26 bits per heavy atom. The van der Waals surface area contributed by atoms with Gasteiger partial charge in [0.1, 0.15) is 0 Å². The highest BCUT2D eigenvalue weighted by molar-refractivity contribution is 5.85. The fourth-order valence-corrected chi connectivity index (χ4v) is 2.57. The molecule has 3 atom stereocenters. The van der Waals surface area contributed by atoms with Gasteiger partial charge < -0.3 is 10.4 Å². The summed E-state index contributed by atoms with van der Waals surface area (Å²) in [7, 11) is 1.64. The van der Waals surface area contributed by atoms with Gasteiger partial charge >= 0.3 is 5.97 Å². The summed E-state index contributed by atoms with van der Waals surface area (Å²) in [5, 5.41) is 11.7. The fraction of sp³-hybridized carbons (Fsp3) is 0.846. The number of hydrogen-bond donors (Lipinski definition) is 2. The van der Waals surface area contributed by atoms with Gasteiger partial charge in [0, 0.05) is 6.04 Å². The van der Waals surface area contributed by atoms with Crippen molar-refractivity contribution in [3.05, 3.63) is 0 Å². The van der Waals surface area contributed by atoms with Gasteiger partial charge in [-0.15, -0.1) is 12.4 Å². The predicted molar refractivity (Wildman–Crippen MR) is 76.5 cm³/mol. The smallest absolute Gasteiger partial charge is 0.317 e. The average Bonchev–Trinajstić information content (AvgIpc) is 2.23. The minimum absolute atomic E-state index is 0. The molecule has 1 aliphatic carbocycles. The molecule has 0 aromatic heterocycles. The molecule has 1 amide bonds. The first kappa shape index (κ1) is 18.2. The third-order valence-electron chi connectivity index (χ3n) is 3.87. The van der Waals surface area contributed by atoms with Crippen LogP contribution in [0.15, 0.2) is 0 Å². The molecule has 1 saturated carbocycles. The van der Waals surface area contributed by atoms with E-state index < -0.39 is 5.97 Å².